The standard InChI is InChI=1S/C18H30N4OS/c1-18(8-6-11-23-18)14-21-17(19-2)20-13-15(16-7-5-12-24-16)22-9-3-4-10-22/h5,7,12,15H,3-4,6,8-11,13-14H2,1-2H3,(H2,19,20,21). The summed E-state index contributed by atoms with van der Waals surface area (Å²) in [5, 5.41) is 9.14. The van der Waals surface area contributed by atoms with E-state index in [0.717, 1.165) is 38.5 Å². The molecule has 2 N–H and O–H groups in total. The summed E-state index contributed by atoms with van der Waals surface area (Å²) >= 11 is 1.85. The van der Waals surface area contributed by atoms with Crippen molar-refractivity contribution in [2.45, 2.75) is 44.2 Å². The highest BCUT2D eigenvalue weighted by molar-refractivity contribution is 7.10. The van der Waals surface area contributed by atoms with Crippen molar-refractivity contribution >= 4 is 17.3 Å². The quantitative estimate of drug-likeness (QED) is 0.612. The van der Waals surface area contributed by atoms with Gasteiger partial charge in [-0.05, 0) is 57.1 Å². The molecule has 6 heteroatoms. The molecule has 2 saturated heterocycles. The molecule has 2 fully saturated rings. The number of hydrogen-bond donors (Lipinski definition) is 2. The normalized spacial score (nSPS) is 26.7. The SMILES string of the molecule is CN=C(NCC(c1cccs1)N1CCCC1)NCC1(C)CCCO1. The number of thiophene rings is 1. The van der Waals surface area contributed by atoms with Gasteiger partial charge in [0, 0.05) is 31.6 Å². The topological polar surface area (TPSA) is 48.9 Å². The lowest BCUT2D eigenvalue weighted by Crippen LogP contribution is -2.47. The van der Waals surface area contributed by atoms with E-state index in [1.807, 2.05) is 18.4 Å². The van der Waals surface area contributed by atoms with Crippen LogP contribution < -0.4 is 10.6 Å². The van der Waals surface area contributed by atoms with Crippen LogP contribution in [0.3, 0.4) is 0 Å². The Morgan fingerprint density at radius 3 is 2.83 bits per heavy atom. The smallest absolute Gasteiger partial charge is 0.191 e. The van der Waals surface area contributed by atoms with Crippen molar-refractivity contribution in [2.24, 2.45) is 4.99 Å². The van der Waals surface area contributed by atoms with E-state index in [0.29, 0.717) is 6.04 Å². The molecule has 3 rings (SSSR count). The summed E-state index contributed by atoms with van der Waals surface area (Å²) in [4.78, 5) is 8.41. The van der Waals surface area contributed by atoms with Crippen molar-refractivity contribution in [3.8, 4) is 0 Å². The van der Waals surface area contributed by atoms with Crippen molar-refractivity contribution in [3.05, 3.63) is 22.4 Å². The first-order valence-electron chi connectivity index (χ1n) is 9.06. The fourth-order valence-electron chi connectivity index (χ4n) is 3.60. The highest BCUT2D eigenvalue weighted by Crippen LogP contribution is 2.28. The maximum atomic E-state index is 5.85. The molecule has 24 heavy (non-hydrogen) atoms. The van der Waals surface area contributed by atoms with Crippen LogP contribution in [0.2, 0.25) is 0 Å². The summed E-state index contributed by atoms with van der Waals surface area (Å²) in [5.74, 6) is 0.868. The van der Waals surface area contributed by atoms with Crippen LogP contribution in [-0.4, -0.2) is 56.3 Å². The van der Waals surface area contributed by atoms with Crippen LogP contribution in [0.1, 0.15) is 43.5 Å². The van der Waals surface area contributed by atoms with Gasteiger partial charge in [0.1, 0.15) is 0 Å². The van der Waals surface area contributed by atoms with Crippen LogP contribution in [0.15, 0.2) is 22.5 Å². The minimum atomic E-state index is -0.0558. The number of nitrogens with one attached hydrogen (secondary N) is 2. The molecule has 0 bridgehead atoms. The molecule has 0 radical (unpaired) electrons. The third-order valence-electron chi connectivity index (χ3n) is 5.07. The maximum Gasteiger partial charge on any atom is 0.191 e. The van der Waals surface area contributed by atoms with E-state index >= 15 is 0 Å². The zero-order chi connectivity index (χ0) is 16.8. The number of nitrogens with zero attached hydrogens (tertiary/aromatic N) is 2. The Morgan fingerprint density at radius 2 is 2.21 bits per heavy atom. The summed E-state index contributed by atoms with van der Waals surface area (Å²) in [7, 11) is 1.84. The van der Waals surface area contributed by atoms with Gasteiger partial charge in [-0.2, -0.15) is 0 Å². The number of guanidine groups is 1. The van der Waals surface area contributed by atoms with E-state index in [1.165, 1.54) is 30.8 Å². The Balaban J connectivity index is 1.54. The first-order valence-corrected chi connectivity index (χ1v) is 9.94. The second-order valence-electron chi connectivity index (χ2n) is 6.98. The van der Waals surface area contributed by atoms with Crippen LogP contribution in [-0.2, 0) is 4.74 Å². The summed E-state index contributed by atoms with van der Waals surface area (Å²) in [6, 6.07) is 4.83. The molecule has 2 atom stereocenters. The molecule has 0 aromatic carbocycles. The van der Waals surface area contributed by atoms with Crippen molar-refractivity contribution in [2.75, 3.05) is 39.8 Å². The number of aliphatic imine (C=N–C) groups is 1. The third-order valence-corrected chi connectivity index (χ3v) is 6.04. The predicted molar refractivity (Wildman–Crippen MR) is 101 cm³/mol. The Kier molecular flexibility index (Phi) is 6.14. The molecule has 2 aliphatic rings. The molecule has 1 aromatic rings. The van der Waals surface area contributed by atoms with Gasteiger partial charge in [0.25, 0.3) is 0 Å². The Morgan fingerprint density at radius 1 is 1.38 bits per heavy atom. The maximum absolute atomic E-state index is 5.85. The van der Waals surface area contributed by atoms with Crippen molar-refractivity contribution in [1.29, 1.82) is 0 Å². The minimum Gasteiger partial charge on any atom is -0.373 e. The number of rotatable bonds is 6. The molecule has 5 nitrogen and oxygen atoms in total. The van der Waals surface area contributed by atoms with Crippen LogP contribution in [0.4, 0.5) is 0 Å². The highest BCUT2D eigenvalue weighted by atomic mass is 32.1. The highest BCUT2D eigenvalue weighted by Gasteiger charge is 2.30. The second kappa shape index (κ2) is 8.32. The predicted octanol–water partition coefficient (Wildman–Crippen LogP) is 2.62. The molecule has 1 aromatic heterocycles. The number of hydrogen-bond acceptors (Lipinski definition) is 4. The molecule has 0 saturated carbocycles. The summed E-state index contributed by atoms with van der Waals surface area (Å²) in [6.45, 7) is 7.14. The summed E-state index contributed by atoms with van der Waals surface area (Å²) in [5.41, 5.74) is -0.0558. The second-order valence-corrected chi connectivity index (χ2v) is 7.96. The van der Waals surface area contributed by atoms with Gasteiger partial charge in [0.15, 0.2) is 5.96 Å². The van der Waals surface area contributed by atoms with Gasteiger partial charge in [-0.25, -0.2) is 0 Å². The van der Waals surface area contributed by atoms with Crippen molar-refractivity contribution in [1.82, 2.24) is 15.5 Å². The third kappa shape index (κ3) is 4.49. The summed E-state index contributed by atoms with van der Waals surface area (Å²) < 4.78 is 5.85. The van der Waals surface area contributed by atoms with Gasteiger partial charge >= 0.3 is 0 Å². The van der Waals surface area contributed by atoms with E-state index in [9.17, 15) is 0 Å². The lowest BCUT2D eigenvalue weighted by atomic mass is 10.0. The fourth-order valence-corrected chi connectivity index (χ4v) is 4.47. The van der Waals surface area contributed by atoms with Crippen LogP contribution in [0.5, 0.6) is 0 Å². The number of ether oxygens (including phenoxy) is 1. The van der Waals surface area contributed by atoms with Crippen molar-refractivity contribution < 1.29 is 4.74 Å². The molecule has 0 spiro atoms. The molecule has 0 amide bonds. The van der Waals surface area contributed by atoms with E-state index in [4.69, 9.17) is 4.74 Å². The average Bonchev–Trinajstić information content (AvgIpc) is 3.33. The zero-order valence-corrected chi connectivity index (χ0v) is 15.7. The van der Waals surface area contributed by atoms with E-state index in [1.54, 1.807) is 0 Å². The Hall–Kier alpha value is -1.11. The van der Waals surface area contributed by atoms with Crippen LogP contribution in [0.25, 0.3) is 0 Å². The fraction of sp³-hybridized carbons (Fsp3) is 0.722. The first-order chi connectivity index (χ1) is 11.7. The molecule has 2 aliphatic heterocycles. The first kappa shape index (κ1) is 17.7. The largest absolute Gasteiger partial charge is 0.373 e. The Labute approximate surface area is 149 Å². The Bertz CT molecular complexity index is 519. The van der Waals surface area contributed by atoms with Gasteiger partial charge in [0.05, 0.1) is 11.6 Å². The molecule has 3 heterocycles. The van der Waals surface area contributed by atoms with Crippen molar-refractivity contribution in [3.63, 3.8) is 0 Å². The lowest BCUT2D eigenvalue weighted by molar-refractivity contribution is 0.0242. The van der Waals surface area contributed by atoms with Gasteiger partial charge in [-0.15, -0.1) is 11.3 Å². The molecule has 0 aliphatic carbocycles. The van der Waals surface area contributed by atoms with Crippen LogP contribution in [0, 0.1) is 0 Å². The van der Waals surface area contributed by atoms with Gasteiger partial charge in [0.2, 0.25) is 0 Å². The molecule has 134 valence electrons. The van der Waals surface area contributed by atoms with Gasteiger partial charge in [-0.1, -0.05) is 6.07 Å². The van der Waals surface area contributed by atoms with Gasteiger partial charge < -0.3 is 15.4 Å². The molecular weight excluding hydrogens is 320 g/mol. The van der Waals surface area contributed by atoms with E-state index in [2.05, 4.69) is 45.0 Å². The summed E-state index contributed by atoms with van der Waals surface area (Å²) in [6.07, 6.45) is 4.89. The van der Waals surface area contributed by atoms with Gasteiger partial charge in [-0.3, -0.25) is 9.89 Å². The van der Waals surface area contributed by atoms with E-state index < -0.39 is 0 Å². The average molecular weight is 351 g/mol. The molecule has 2 unspecified atom stereocenters. The lowest BCUT2D eigenvalue weighted by Gasteiger charge is -2.29. The minimum absolute atomic E-state index is 0.0558. The molecular formula is C18H30N4OS. The van der Waals surface area contributed by atoms with E-state index in [-0.39, 0.29) is 5.60 Å². The number of likely N-dealkylation sites (tertiary alicyclic amines) is 1. The monoisotopic (exact) mass is 350 g/mol. The van der Waals surface area contributed by atoms with Crippen LogP contribution >= 0.6 is 11.3 Å². The zero-order valence-electron chi connectivity index (χ0n) is 14.9.